The third kappa shape index (κ3) is 3.39. The Morgan fingerprint density at radius 1 is 1.32 bits per heavy atom. The molecule has 0 saturated carbocycles. The normalized spacial score (nSPS) is 25.5. The van der Waals surface area contributed by atoms with Gasteiger partial charge in [-0.25, -0.2) is 5.43 Å². The summed E-state index contributed by atoms with van der Waals surface area (Å²) in [6.07, 6.45) is 6.83. The number of carbonyl (C=O) groups excluding carboxylic acids is 1. The highest BCUT2D eigenvalue weighted by Crippen LogP contribution is 2.17. The van der Waals surface area contributed by atoms with Gasteiger partial charge in [-0.2, -0.15) is 0 Å². The summed E-state index contributed by atoms with van der Waals surface area (Å²) < 4.78 is 0. The topological polar surface area (TPSA) is 60.5 Å². The standard InChI is InChI=1S/C16H25N5O/c1-2-4-13-11-15(19-18-13)16(22)21-9-7-20(8-10-21)14-5-3-6-17-12-14/h3,5-6,12-13,15,18-19H,2,4,7-11H2,1H3. The number of aromatic nitrogens is 1. The Morgan fingerprint density at radius 2 is 2.14 bits per heavy atom. The van der Waals surface area contributed by atoms with Gasteiger partial charge in [0.2, 0.25) is 5.91 Å². The van der Waals surface area contributed by atoms with Crippen molar-refractivity contribution >= 4 is 11.6 Å². The highest BCUT2D eigenvalue weighted by Gasteiger charge is 2.33. The lowest BCUT2D eigenvalue weighted by Gasteiger charge is -2.36. The zero-order valence-corrected chi connectivity index (χ0v) is 13.2. The first-order valence-corrected chi connectivity index (χ1v) is 8.22. The molecule has 0 spiro atoms. The molecule has 2 atom stereocenters. The summed E-state index contributed by atoms with van der Waals surface area (Å²) >= 11 is 0. The molecule has 6 heteroatoms. The van der Waals surface area contributed by atoms with Crippen molar-refractivity contribution in [3.8, 4) is 0 Å². The number of anilines is 1. The van der Waals surface area contributed by atoms with Gasteiger partial charge in [-0.05, 0) is 25.0 Å². The van der Waals surface area contributed by atoms with Gasteiger partial charge in [0.05, 0.1) is 11.9 Å². The number of piperazine rings is 1. The number of rotatable bonds is 4. The van der Waals surface area contributed by atoms with E-state index < -0.39 is 0 Å². The summed E-state index contributed by atoms with van der Waals surface area (Å²) in [6.45, 7) is 5.48. The first-order valence-electron chi connectivity index (χ1n) is 8.22. The minimum absolute atomic E-state index is 0.0681. The molecule has 0 aromatic carbocycles. The molecule has 1 aromatic rings. The van der Waals surface area contributed by atoms with Crippen LogP contribution in [-0.2, 0) is 4.79 Å². The molecule has 6 nitrogen and oxygen atoms in total. The Morgan fingerprint density at radius 3 is 2.82 bits per heavy atom. The van der Waals surface area contributed by atoms with Crippen LogP contribution in [0.25, 0.3) is 0 Å². The lowest BCUT2D eigenvalue weighted by Crippen LogP contribution is -2.53. The third-order valence-corrected chi connectivity index (χ3v) is 4.52. The van der Waals surface area contributed by atoms with Crippen LogP contribution in [0.5, 0.6) is 0 Å². The Balaban J connectivity index is 1.50. The fourth-order valence-corrected chi connectivity index (χ4v) is 3.27. The van der Waals surface area contributed by atoms with Crippen LogP contribution in [0.4, 0.5) is 5.69 Å². The van der Waals surface area contributed by atoms with Crippen molar-refractivity contribution in [3.05, 3.63) is 24.5 Å². The lowest BCUT2D eigenvalue weighted by atomic mass is 10.0. The molecule has 2 aliphatic heterocycles. The first kappa shape index (κ1) is 15.2. The second-order valence-electron chi connectivity index (χ2n) is 6.09. The summed E-state index contributed by atoms with van der Waals surface area (Å²) in [5, 5.41) is 0. The van der Waals surface area contributed by atoms with Crippen molar-refractivity contribution in [2.75, 3.05) is 31.1 Å². The molecule has 120 valence electrons. The Hall–Kier alpha value is -1.66. The van der Waals surface area contributed by atoms with Crippen molar-refractivity contribution in [1.82, 2.24) is 20.7 Å². The van der Waals surface area contributed by atoms with Crippen LogP contribution in [0.1, 0.15) is 26.2 Å². The van der Waals surface area contributed by atoms with Crippen LogP contribution in [-0.4, -0.2) is 54.1 Å². The summed E-state index contributed by atoms with van der Waals surface area (Å²) in [6, 6.07) is 4.38. The van der Waals surface area contributed by atoms with E-state index >= 15 is 0 Å². The van der Waals surface area contributed by atoms with Crippen molar-refractivity contribution < 1.29 is 4.79 Å². The zero-order chi connectivity index (χ0) is 15.4. The van der Waals surface area contributed by atoms with Crippen LogP contribution >= 0.6 is 0 Å². The Bertz CT molecular complexity index is 487. The van der Waals surface area contributed by atoms with E-state index in [9.17, 15) is 4.79 Å². The van der Waals surface area contributed by atoms with Gasteiger partial charge in [0.25, 0.3) is 0 Å². The van der Waals surface area contributed by atoms with E-state index in [4.69, 9.17) is 0 Å². The monoisotopic (exact) mass is 303 g/mol. The number of pyridine rings is 1. The van der Waals surface area contributed by atoms with Crippen molar-refractivity contribution in [1.29, 1.82) is 0 Å². The summed E-state index contributed by atoms with van der Waals surface area (Å²) in [5.74, 6) is 0.233. The van der Waals surface area contributed by atoms with Crippen LogP contribution in [0, 0.1) is 0 Å². The summed E-state index contributed by atoms with van der Waals surface area (Å²) in [5.41, 5.74) is 7.55. The van der Waals surface area contributed by atoms with Crippen LogP contribution in [0.15, 0.2) is 24.5 Å². The smallest absolute Gasteiger partial charge is 0.241 e. The molecule has 3 rings (SSSR count). The molecule has 2 aliphatic rings. The molecule has 3 heterocycles. The van der Waals surface area contributed by atoms with Crippen molar-refractivity contribution in [2.45, 2.75) is 38.3 Å². The van der Waals surface area contributed by atoms with Gasteiger partial charge in [0, 0.05) is 38.4 Å². The number of nitrogens with zero attached hydrogens (tertiary/aromatic N) is 3. The zero-order valence-electron chi connectivity index (χ0n) is 13.2. The third-order valence-electron chi connectivity index (χ3n) is 4.52. The molecule has 2 saturated heterocycles. The fourth-order valence-electron chi connectivity index (χ4n) is 3.27. The molecule has 1 amide bonds. The number of hydrazine groups is 1. The Labute approximate surface area is 131 Å². The highest BCUT2D eigenvalue weighted by molar-refractivity contribution is 5.82. The van der Waals surface area contributed by atoms with E-state index in [-0.39, 0.29) is 11.9 Å². The lowest BCUT2D eigenvalue weighted by molar-refractivity contribution is -0.133. The number of amides is 1. The van der Waals surface area contributed by atoms with Gasteiger partial charge in [0.15, 0.2) is 0 Å². The second kappa shape index (κ2) is 7.07. The minimum Gasteiger partial charge on any atom is -0.367 e. The van der Waals surface area contributed by atoms with Crippen LogP contribution in [0.2, 0.25) is 0 Å². The first-order chi connectivity index (χ1) is 10.8. The second-order valence-corrected chi connectivity index (χ2v) is 6.09. The average molecular weight is 303 g/mol. The van der Waals surface area contributed by atoms with Crippen molar-refractivity contribution in [2.24, 2.45) is 0 Å². The molecular weight excluding hydrogens is 278 g/mol. The largest absolute Gasteiger partial charge is 0.367 e. The molecule has 22 heavy (non-hydrogen) atoms. The van der Waals surface area contributed by atoms with Gasteiger partial charge in [-0.1, -0.05) is 13.3 Å². The predicted octanol–water partition coefficient (Wildman–Crippen LogP) is 0.765. The number of nitrogens with one attached hydrogen (secondary N) is 2. The highest BCUT2D eigenvalue weighted by atomic mass is 16.2. The average Bonchev–Trinajstić information content (AvgIpc) is 3.04. The minimum atomic E-state index is -0.0681. The van der Waals surface area contributed by atoms with E-state index in [1.165, 1.54) is 0 Å². The van der Waals surface area contributed by atoms with Gasteiger partial charge >= 0.3 is 0 Å². The Kier molecular flexibility index (Phi) is 4.90. The van der Waals surface area contributed by atoms with E-state index in [0.29, 0.717) is 6.04 Å². The number of carbonyl (C=O) groups is 1. The van der Waals surface area contributed by atoms with E-state index in [2.05, 4.69) is 33.7 Å². The molecular formula is C16H25N5O. The molecule has 0 aliphatic carbocycles. The maximum absolute atomic E-state index is 12.6. The maximum atomic E-state index is 12.6. The van der Waals surface area contributed by atoms with E-state index in [1.807, 2.05) is 17.2 Å². The number of hydrogen-bond donors (Lipinski definition) is 2. The van der Waals surface area contributed by atoms with E-state index in [0.717, 1.165) is 51.1 Å². The molecule has 0 radical (unpaired) electrons. The molecule has 2 fully saturated rings. The van der Waals surface area contributed by atoms with Crippen LogP contribution in [0.3, 0.4) is 0 Å². The number of hydrogen-bond acceptors (Lipinski definition) is 5. The van der Waals surface area contributed by atoms with E-state index in [1.54, 1.807) is 6.20 Å². The van der Waals surface area contributed by atoms with Gasteiger partial charge in [0.1, 0.15) is 6.04 Å². The van der Waals surface area contributed by atoms with Crippen molar-refractivity contribution in [3.63, 3.8) is 0 Å². The quantitative estimate of drug-likeness (QED) is 0.860. The molecule has 0 bridgehead atoms. The maximum Gasteiger partial charge on any atom is 0.241 e. The van der Waals surface area contributed by atoms with Gasteiger partial charge in [-0.3, -0.25) is 15.2 Å². The molecule has 2 unspecified atom stereocenters. The SMILES string of the molecule is CCCC1CC(C(=O)N2CCN(c3cccnc3)CC2)NN1. The molecule has 1 aromatic heterocycles. The molecule has 2 N–H and O–H groups in total. The summed E-state index contributed by atoms with van der Waals surface area (Å²) in [4.78, 5) is 21.0. The van der Waals surface area contributed by atoms with Crippen LogP contribution < -0.4 is 15.8 Å². The summed E-state index contributed by atoms with van der Waals surface area (Å²) in [7, 11) is 0. The van der Waals surface area contributed by atoms with Gasteiger partial charge in [-0.15, -0.1) is 0 Å². The predicted molar refractivity (Wildman–Crippen MR) is 86.4 cm³/mol. The fraction of sp³-hybridized carbons (Fsp3) is 0.625. The van der Waals surface area contributed by atoms with Gasteiger partial charge < -0.3 is 9.80 Å².